The summed E-state index contributed by atoms with van der Waals surface area (Å²) in [5.74, 6) is 0.220. The van der Waals surface area contributed by atoms with Crippen LogP contribution in [0.5, 0.6) is 0 Å². The summed E-state index contributed by atoms with van der Waals surface area (Å²) in [7, 11) is 0. The first-order valence-electron chi connectivity index (χ1n) is 9.63. The summed E-state index contributed by atoms with van der Waals surface area (Å²) < 4.78 is 0. The van der Waals surface area contributed by atoms with Crippen LogP contribution in [0.4, 0.5) is 5.69 Å². The highest BCUT2D eigenvalue weighted by Gasteiger charge is 2.23. The zero-order valence-corrected chi connectivity index (χ0v) is 16.3. The summed E-state index contributed by atoms with van der Waals surface area (Å²) in [5, 5.41) is 2.99. The van der Waals surface area contributed by atoms with Crippen molar-refractivity contribution in [3.05, 3.63) is 58.9 Å². The largest absolute Gasteiger partial charge is 0.338 e. The van der Waals surface area contributed by atoms with E-state index in [1.54, 1.807) is 12.3 Å². The second-order valence-corrected chi connectivity index (χ2v) is 7.38. The van der Waals surface area contributed by atoms with Crippen molar-refractivity contribution < 1.29 is 9.59 Å². The van der Waals surface area contributed by atoms with Crippen LogP contribution in [0.25, 0.3) is 0 Å². The van der Waals surface area contributed by atoms with E-state index in [0.29, 0.717) is 17.0 Å². The number of carbonyl (C=O) groups is 2. The van der Waals surface area contributed by atoms with Crippen molar-refractivity contribution >= 4 is 17.5 Å². The molecule has 0 aliphatic carbocycles. The summed E-state index contributed by atoms with van der Waals surface area (Å²) in [5.41, 5.74) is 3.82. The lowest BCUT2D eigenvalue weighted by molar-refractivity contribution is 0.0682. The van der Waals surface area contributed by atoms with E-state index in [0.717, 1.165) is 49.2 Å². The minimum atomic E-state index is -0.242. The number of amides is 2. The van der Waals surface area contributed by atoms with Crippen molar-refractivity contribution in [3.8, 4) is 0 Å². The van der Waals surface area contributed by atoms with Gasteiger partial charge in [0.05, 0.1) is 11.1 Å². The maximum atomic E-state index is 12.8. The Labute approximate surface area is 160 Å². The molecule has 1 aliphatic rings. The van der Waals surface area contributed by atoms with Gasteiger partial charge in [0, 0.05) is 31.2 Å². The van der Waals surface area contributed by atoms with Crippen LogP contribution in [0.3, 0.4) is 0 Å². The molecule has 1 aromatic heterocycles. The Bertz CT molecular complexity index is 847. The van der Waals surface area contributed by atoms with Crippen LogP contribution >= 0.6 is 0 Å². The van der Waals surface area contributed by atoms with E-state index >= 15 is 0 Å². The Balaban J connectivity index is 1.79. The van der Waals surface area contributed by atoms with Gasteiger partial charge in [-0.25, -0.2) is 0 Å². The molecule has 1 atom stereocenters. The van der Waals surface area contributed by atoms with Gasteiger partial charge in [0.25, 0.3) is 11.8 Å². The molecular formula is C22H27N3O2. The number of hydrogen-bond acceptors (Lipinski definition) is 3. The van der Waals surface area contributed by atoms with Gasteiger partial charge in [0.1, 0.15) is 0 Å². The van der Waals surface area contributed by atoms with Gasteiger partial charge in [0.2, 0.25) is 0 Å². The van der Waals surface area contributed by atoms with E-state index in [1.807, 2.05) is 30.0 Å². The number of likely N-dealkylation sites (tertiary alicyclic amines) is 1. The molecule has 5 heteroatoms. The van der Waals surface area contributed by atoms with E-state index in [-0.39, 0.29) is 11.8 Å². The lowest BCUT2D eigenvalue weighted by Gasteiger charge is -2.31. The van der Waals surface area contributed by atoms with Crippen molar-refractivity contribution in [3.63, 3.8) is 0 Å². The van der Waals surface area contributed by atoms with Crippen molar-refractivity contribution in [2.45, 2.75) is 40.0 Å². The van der Waals surface area contributed by atoms with Gasteiger partial charge in [0.15, 0.2) is 0 Å². The number of nitrogens with zero attached hydrogens (tertiary/aromatic N) is 2. The van der Waals surface area contributed by atoms with Gasteiger partial charge in [-0.3, -0.25) is 14.6 Å². The number of piperidine rings is 1. The summed E-state index contributed by atoms with van der Waals surface area (Å²) in [6, 6.07) is 7.63. The predicted octanol–water partition coefficient (Wildman–Crippen LogP) is 4.08. The smallest absolute Gasteiger partial charge is 0.257 e. The fourth-order valence-corrected chi connectivity index (χ4v) is 3.63. The molecule has 27 heavy (non-hydrogen) atoms. The Kier molecular flexibility index (Phi) is 5.89. The molecule has 3 rings (SSSR count). The molecule has 0 spiro atoms. The molecule has 1 aromatic carbocycles. The maximum Gasteiger partial charge on any atom is 0.257 e. The van der Waals surface area contributed by atoms with E-state index in [1.165, 1.54) is 6.20 Å². The van der Waals surface area contributed by atoms with Crippen LogP contribution in [0.15, 0.2) is 36.7 Å². The summed E-state index contributed by atoms with van der Waals surface area (Å²) in [6.45, 7) is 7.73. The third-order valence-corrected chi connectivity index (χ3v) is 5.17. The molecule has 5 nitrogen and oxygen atoms in total. The topological polar surface area (TPSA) is 62.3 Å². The average molecular weight is 365 g/mol. The van der Waals surface area contributed by atoms with Crippen LogP contribution in [0.1, 0.15) is 58.5 Å². The zero-order valence-electron chi connectivity index (χ0n) is 16.3. The monoisotopic (exact) mass is 365 g/mol. The quantitative estimate of drug-likeness (QED) is 0.888. The number of aromatic nitrogens is 1. The van der Waals surface area contributed by atoms with E-state index < -0.39 is 0 Å². The summed E-state index contributed by atoms with van der Waals surface area (Å²) >= 11 is 0. The zero-order chi connectivity index (χ0) is 19.4. The second-order valence-electron chi connectivity index (χ2n) is 7.38. The first-order chi connectivity index (χ1) is 13.0. The van der Waals surface area contributed by atoms with E-state index in [2.05, 4.69) is 24.1 Å². The maximum absolute atomic E-state index is 12.8. The third kappa shape index (κ3) is 4.35. The number of carbonyl (C=O) groups excluding carboxylic acids is 2. The lowest BCUT2D eigenvalue weighted by Crippen LogP contribution is -2.39. The number of pyridine rings is 1. The number of aryl methyl sites for hydroxylation is 2. The third-order valence-electron chi connectivity index (χ3n) is 5.17. The molecule has 2 aromatic rings. The Morgan fingerprint density at radius 2 is 2.04 bits per heavy atom. The number of anilines is 1. The first-order valence-corrected chi connectivity index (χ1v) is 9.63. The van der Waals surface area contributed by atoms with Gasteiger partial charge in [-0.1, -0.05) is 32.0 Å². The second kappa shape index (κ2) is 8.33. The van der Waals surface area contributed by atoms with Gasteiger partial charge in [-0.05, 0) is 49.3 Å². The molecule has 1 saturated heterocycles. The number of benzene rings is 1. The summed E-state index contributed by atoms with van der Waals surface area (Å²) in [6.07, 6.45) is 6.06. The molecular weight excluding hydrogens is 338 g/mol. The highest BCUT2D eigenvalue weighted by molar-refractivity contribution is 6.06. The minimum Gasteiger partial charge on any atom is -0.338 e. The van der Waals surface area contributed by atoms with E-state index in [9.17, 15) is 9.59 Å². The molecule has 2 amide bonds. The van der Waals surface area contributed by atoms with Crippen LogP contribution in [-0.4, -0.2) is 34.8 Å². The van der Waals surface area contributed by atoms with Crippen molar-refractivity contribution in [1.29, 1.82) is 0 Å². The minimum absolute atomic E-state index is 0.0474. The van der Waals surface area contributed by atoms with Crippen LogP contribution in [-0.2, 0) is 6.42 Å². The molecule has 1 N–H and O–H groups in total. The molecule has 0 saturated carbocycles. The van der Waals surface area contributed by atoms with Crippen LogP contribution in [0.2, 0.25) is 0 Å². The average Bonchev–Trinajstić information content (AvgIpc) is 2.69. The van der Waals surface area contributed by atoms with Gasteiger partial charge >= 0.3 is 0 Å². The molecule has 1 aliphatic heterocycles. The molecule has 1 unspecified atom stereocenters. The van der Waals surface area contributed by atoms with Crippen molar-refractivity contribution in [1.82, 2.24) is 9.88 Å². The SMILES string of the molecule is CCc1cccc(C)c1NC(=O)c1cncc(C(=O)N2CCCC(C)C2)c1. The Hall–Kier alpha value is -2.69. The fourth-order valence-electron chi connectivity index (χ4n) is 3.63. The Morgan fingerprint density at radius 1 is 1.26 bits per heavy atom. The predicted molar refractivity (Wildman–Crippen MR) is 107 cm³/mol. The number of para-hydroxylation sites is 1. The lowest BCUT2D eigenvalue weighted by atomic mass is 9.99. The highest BCUT2D eigenvalue weighted by Crippen LogP contribution is 2.22. The standard InChI is InChI=1S/C22H27N3O2/c1-4-17-9-5-8-16(3)20(17)24-21(26)18-11-19(13-23-12-18)22(27)25-10-6-7-15(2)14-25/h5,8-9,11-13,15H,4,6-7,10,14H2,1-3H3,(H,24,26). The normalized spacial score (nSPS) is 16.9. The fraction of sp³-hybridized carbons (Fsp3) is 0.409. The van der Waals surface area contributed by atoms with Crippen molar-refractivity contribution in [2.24, 2.45) is 5.92 Å². The molecule has 0 radical (unpaired) electrons. The van der Waals surface area contributed by atoms with Crippen LogP contribution in [0, 0.1) is 12.8 Å². The number of hydrogen-bond donors (Lipinski definition) is 1. The number of rotatable bonds is 4. The molecule has 1 fully saturated rings. The van der Waals surface area contributed by atoms with Gasteiger partial charge < -0.3 is 10.2 Å². The van der Waals surface area contributed by atoms with Crippen LogP contribution < -0.4 is 5.32 Å². The highest BCUT2D eigenvalue weighted by atomic mass is 16.2. The van der Waals surface area contributed by atoms with Crippen molar-refractivity contribution in [2.75, 3.05) is 18.4 Å². The molecule has 0 bridgehead atoms. The van der Waals surface area contributed by atoms with Gasteiger partial charge in [-0.15, -0.1) is 0 Å². The Morgan fingerprint density at radius 3 is 2.78 bits per heavy atom. The number of nitrogens with one attached hydrogen (secondary N) is 1. The van der Waals surface area contributed by atoms with Gasteiger partial charge in [-0.2, -0.15) is 0 Å². The molecule has 2 heterocycles. The van der Waals surface area contributed by atoms with E-state index in [4.69, 9.17) is 0 Å². The summed E-state index contributed by atoms with van der Waals surface area (Å²) in [4.78, 5) is 31.6. The first kappa shape index (κ1) is 19.1. The molecule has 142 valence electrons.